The van der Waals surface area contributed by atoms with Crippen molar-refractivity contribution < 1.29 is 4.74 Å². The maximum Gasteiger partial charge on any atom is 0.335 e. The predicted octanol–water partition coefficient (Wildman–Crippen LogP) is 2.99. The van der Waals surface area contributed by atoms with E-state index < -0.39 is 0 Å². The highest BCUT2D eigenvalue weighted by molar-refractivity contribution is 7.80. The summed E-state index contributed by atoms with van der Waals surface area (Å²) in [5.41, 5.74) is 0.980. The number of nitrogens with zero attached hydrogens (tertiary/aromatic N) is 3. The van der Waals surface area contributed by atoms with E-state index in [1.807, 2.05) is 30.3 Å². The maximum absolute atomic E-state index is 5.56. The van der Waals surface area contributed by atoms with Crippen molar-refractivity contribution in [3.05, 3.63) is 36.7 Å². The lowest BCUT2D eigenvalue weighted by molar-refractivity contribution is 0.262. The van der Waals surface area contributed by atoms with Crippen LogP contribution in [0.15, 0.2) is 36.7 Å². The minimum Gasteiger partial charge on any atom is -0.462 e. The van der Waals surface area contributed by atoms with Gasteiger partial charge < -0.3 is 4.74 Å². The van der Waals surface area contributed by atoms with E-state index in [4.69, 9.17) is 4.74 Å². The molecule has 2 aromatic rings. The summed E-state index contributed by atoms with van der Waals surface area (Å²) >= 11 is 4.23. The topological polar surface area (TPSA) is 39.9 Å². The van der Waals surface area contributed by atoms with Crippen LogP contribution in [0.25, 0.3) is 5.69 Å². The zero-order valence-corrected chi connectivity index (χ0v) is 12.0. The molecule has 102 valence electrons. The molecule has 0 aliphatic carbocycles. The first-order valence-corrected chi connectivity index (χ1v) is 7.13. The molecule has 0 aliphatic rings. The van der Waals surface area contributed by atoms with Crippen molar-refractivity contribution >= 4 is 12.6 Å². The highest BCUT2D eigenvalue weighted by Crippen LogP contribution is 2.11. The molecule has 4 nitrogen and oxygen atoms in total. The van der Waals surface area contributed by atoms with E-state index >= 15 is 0 Å². The number of para-hydroxylation sites is 1. The highest BCUT2D eigenvalue weighted by Gasteiger charge is 2.05. The average molecular weight is 277 g/mol. The SMILES string of the molecule is CC(CCS)CCOc1ncn(-c2ccccc2)n1. The summed E-state index contributed by atoms with van der Waals surface area (Å²) in [5, 5.41) is 4.29. The lowest BCUT2D eigenvalue weighted by Gasteiger charge is -2.08. The van der Waals surface area contributed by atoms with Gasteiger partial charge in [0.25, 0.3) is 0 Å². The van der Waals surface area contributed by atoms with Crippen molar-refractivity contribution in [2.24, 2.45) is 5.92 Å². The largest absolute Gasteiger partial charge is 0.462 e. The van der Waals surface area contributed by atoms with Gasteiger partial charge in [0.1, 0.15) is 6.33 Å². The zero-order valence-electron chi connectivity index (χ0n) is 11.1. The van der Waals surface area contributed by atoms with Gasteiger partial charge in [0.05, 0.1) is 12.3 Å². The van der Waals surface area contributed by atoms with Gasteiger partial charge in [-0.1, -0.05) is 25.1 Å². The molecule has 19 heavy (non-hydrogen) atoms. The number of aromatic nitrogens is 3. The van der Waals surface area contributed by atoms with E-state index in [9.17, 15) is 0 Å². The van der Waals surface area contributed by atoms with Crippen LogP contribution in [0, 0.1) is 5.92 Å². The molecule has 1 unspecified atom stereocenters. The average Bonchev–Trinajstić information content (AvgIpc) is 2.89. The van der Waals surface area contributed by atoms with Gasteiger partial charge in [-0.15, -0.1) is 5.10 Å². The number of rotatable bonds is 7. The summed E-state index contributed by atoms with van der Waals surface area (Å²) in [7, 11) is 0. The summed E-state index contributed by atoms with van der Waals surface area (Å²) in [4.78, 5) is 4.15. The minimum atomic E-state index is 0.432. The summed E-state index contributed by atoms with van der Waals surface area (Å²) < 4.78 is 7.27. The van der Waals surface area contributed by atoms with Gasteiger partial charge >= 0.3 is 6.01 Å². The fourth-order valence-corrected chi connectivity index (χ4v) is 2.18. The predicted molar refractivity (Wildman–Crippen MR) is 79.1 cm³/mol. The zero-order chi connectivity index (χ0) is 13.5. The molecule has 2 rings (SSSR count). The van der Waals surface area contributed by atoms with E-state index in [-0.39, 0.29) is 0 Å². The standard InChI is InChI=1S/C14H19N3OS/c1-12(8-10-19)7-9-18-14-15-11-17(16-14)13-5-3-2-4-6-13/h2-6,11-12,19H,7-10H2,1H3. The Balaban J connectivity index is 1.85. The number of benzene rings is 1. The molecular formula is C14H19N3OS. The summed E-state index contributed by atoms with van der Waals surface area (Å²) in [6.45, 7) is 2.85. The number of thiol groups is 1. The van der Waals surface area contributed by atoms with Crippen LogP contribution in [0.3, 0.4) is 0 Å². The van der Waals surface area contributed by atoms with Gasteiger partial charge in [0.2, 0.25) is 0 Å². The maximum atomic E-state index is 5.56. The first kappa shape index (κ1) is 13.9. The summed E-state index contributed by atoms with van der Waals surface area (Å²) in [6, 6.07) is 10.3. The van der Waals surface area contributed by atoms with Crippen LogP contribution in [0.5, 0.6) is 6.01 Å². The first-order valence-electron chi connectivity index (χ1n) is 6.50. The van der Waals surface area contributed by atoms with E-state index in [2.05, 4.69) is 29.6 Å². The number of hydrogen-bond acceptors (Lipinski definition) is 4. The molecule has 0 radical (unpaired) electrons. The van der Waals surface area contributed by atoms with Crippen molar-refractivity contribution in [1.82, 2.24) is 14.8 Å². The number of ether oxygens (including phenoxy) is 1. The van der Waals surface area contributed by atoms with Crippen LogP contribution in [0.2, 0.25) is 0 Å². The van der Waals surface area contributed by atoms with E-state index in [0.717, 1.165) is 24.3 Å². The molecule has 1 heterocycles. The molecule has 0 aliphatic heterocycles. The van der Waals surface area contributed by atoms with Crippen LogP contribution in [-0.4, -0.2) is 27.1 Å². The Hall–Kier alpha value is -1.49. The van der Waals surface area contributed by atoms with Crippen LogP contribution in [-0.2, 0) is 0 Å². The van der Waals surface area contributed by atoms with Crippen LogP contribution < -0.4 is 4.74 Å². The Morgan fingerprint density at radius 2 is 2.05 bits per heavy atom. The van der Waals surface area contributed by atoms with Gasteiger partial charge in [0.15, 0.2) is 0 Å². The third kappa shape index (κ3) is 4.28. The van der Waals surface area contributed by atoms with Crippen molar-refractivity contribution in [3.63, 3.8) is 0 Å². The second-order valence-electron chi connectivity index (χ2n) is 4.56. The third-order valence-electron chi connectivity index (χ3n) is 2.96. The second kappa shape index (κ2) is 7.19. The Morgan fingerprint density at radius 1 is 1.26 bits per heavy atom. The molecular weight excluding hydrogens is 258 g/mol. The lowest BCUT2D eigenvalue weighted by Crippen LogP contribution is -2.06. The van der Waals surface area contributed by atoms with E-state index in [1.165, 1.54) is 0 Å². The fraction of sp³-hybridized carbons (Fsp3) is 0.429. The van der Waals surface area contributed by atoms with Gasteiger partial charge in [0, 0.05) is 0 Å². The molecule has 0 fully saturated rings. The summed E-state index contributed by atoms with van der Waals surface area (Å²) in [5.74, 6) is 1.54. The van der Waals surface area contributed by atoms with E-state index in [0.29, 0.717) is 18.5 Å². The normalized spacial score (nSPS) is 12.3. The third-order valence-corrected chi connectivity index (χ3v) is 3.21. The van der Waals surface area contributed by atoms with Gasteiger partial charge in [-0.2, -0.15) is 17.6 Å². The van der Waals surface area contributed by atoms with Crippen LogP contribution >= 0.6 is 12.6 Å². The van der Waals surface area contributed by atoms with Crippen molar-refractivity contribution in [2.45, 2.75) is 19.8 Å². The summed E-state index contributed by atoms with van der Waals surface area (Å²) in [6.07, 6.45) is 3.78. The molecule has 0 amide bonds. The molecule has 0 saturated carbocycles. The second-order valence-corrected chi connectivity index (χ2v) is 5.01. The van der Waals surface area contributed by atoms with Gasteiger partial charge in [-0.25, -0.2) is 4.68 Å². The fourth-order valence-electron chi connectivity index (χ4n) is 1.74. The molecule has 1 atom stereocenters. The molecule has 0 bridgehead atoms. The monoisotopic (exact) mass is 277 g/mol. The van der Waals surface area contributed by atoms with Crippen LogP contribution in [0.1, 0.15) is 19.8 Å². The highest BCUT2D eigenvalue weighted by atomic mass is 32.1. The molecule has 0 N–H and O–H groups in total. The van der Waals surface area contributed by atoms with Crippen molar-refractivity contribution in [3.8, 4) is 11.7 Å². The quantitative estimate of drug-likeness (QED) is 0.791. The van der Waals surface area contributed by atoms with Crippen molar-refractivity contribution in [1.29, 1.82) is 0 Å². The molecule has 1 aromatic heterocycles. The number of hydrogen-bond donors (Lipinski definition) is 1. The smallest absolute Gasteiger partial charge is 0.335 e. The Morgan fingerprint density at radius 3 is 2.79 bits per heavy atom. The van der Waals surface area contributed by atoms with Crippen LogP contribution in [0.4, 0.5) is 0 Å². The van der Waals surface area contributed by atoms with Gasteiger partial charge in [-0.3, -0.25) is 0 Å². The Bertz CT molecular complexity index is 486. The Kier molecular flexibility index (Phi) is 5.27. The molecule has 0 spiro atoms. The molecule has 1 aromatic carbocycles. The van der Waals surface area contributed by atoms with E-state index in [1.54, 1.807) is 11.0 Å². The first-order chi connectivity index (χ1) is 9.29. The Labute approximate surface area is 119 Å². The molecule has 5 heteroatoms. The van der Waals surface area contributed by atoms with Gasteiger partial charge in [-0.05, 0) is 36.6 Å². The molecule has 0 saturated heterocycles. The lowest BCUT2D eigenvalue weighted by atomic mass is 10.1. The minimum absolute atomic E-state index is 0.432. The van der Waals surface area contributed by atoms with Crippen molar-refractivity contribution in [2.75, 3.05) is 12.4 Å².